The van der Waals surface area contributed by atoms with Crippen LogP contribution in [0.15, 0.2) is 66.3 Å². The van der Waals surface area contributed by atoms with Gasteiger partial charge in [-0.2, -0.15) is 0 Å². The number of anilines is 1. The lowest BCUT2D eigenvalue weighted by Crippen LogP contribution is -2.35. The number of allylic oxidation sites excluding steroid dienone is 4. The molecule has 0 amide bonds. The highest BCUT2D eigenvalue weighted by Crippen LogP contribution is 2.26. The normalized spacial score (nSPS) is 13.2. The number of ether oxygens (including phenoxy) is 2. The maximum atomic E-state index is 6.08. The maximum Gasteiger partial charge on any atom is 0.227 e. The van der Waals surface area contributed by atoms with Gasteiger partial charge in [-0.3, -0.25) is 0 Å². The van der Waals surface area contributed by atoms with E-state index in [0.717, 1.165) is 59.7 Å². The Labute approximate surface area is 221 Å². The molecule has 0 spiro atoms. The third-order valence-electron chi connectivity index (χ3n) is 4.46. The molecule has 1 aliphatic heterocycles. The maximum absolute atomic E-state index is 6.08. The molecule has 0 aromatic carbocycles. The molecule has 2 aromatic heterocycles. The van der Waals surface area contributed by atoms with E-state index >= 15 is 0 Å². The number of nitrogens with one attached hydrogen (secondary N) is 2. The summed E-state index contributed by atoms with van der Waals surface area (Å²) in [7, 11) is 1.67. The van der Waals surface area contributed by atoms with Crippen molar-refractivity contribution in [1.82, 2.24) is 19.9 Å². The Morgan fingerprint density at radius 3 is 2.33 bits per heavy atom. The van der Waals surface area contributed by atoms with Crippen LogP contribution in [-0.4, -0.2) is 59.5 Å². The monoisotopic (exact) mass is 514 g/mol. The second-order valence-electron chi connectivity index (χ2n) is 6.91. The first-order chi connectivity index (χ1) is 17.4. The molecule has 8 nitrogen and oxygen atoms in total. The van der Waals surface area contributed by atoms with Crippen molar-refractivity contribution in [2.75, 3.05) is 38.7 Å². The van der Waals surface area contributed by atoms with Gasteiger partial charge in [0.25, 0.3) is 0 Å². The lowest BCUT2D eigenvalue weighted by Gasteiger charge is -2.30. The molecule has 0 atom stereocenters. The lowest BCUT2D eigenvalue weighted by molar-refractivity contribution is 0.0513. The van der Waals surface area contributed by atoms with Crippen LogP contribution in [0.1, 0.15) is 40.3 Å². The highest BCUT2D eigenvalue weighted by atomic mass is 32.1. The van der Waals surface area contributed by atoms with E-state index in [1.807, 2.05) is 52.3 Å². The van der Waals surface area contributed by atoms with Crippen molar-refractivity contribution in [1.29, 1.82) is 5.41 Å². The van der Waals surface area contributed by atoms with Crippen LogP contribution in [0.25, 0.3) is 10.6 Å². The van der Waals surface area contributed by atoms with E-state index in [1.54, 1.807) is 43.7 Å². The van der Waals surface area contributed by atoms with E-state index in [4.69, 9.17) is 14.9 Å². The number of hydrogen-bond donors (Lipinski definition) is 2. The molecule has 36 heavy (non-hydrogen) atoms. The Morgan fingerprint density at radius 1 is 1.22 bits per heavy atom. The number of aryl methyl sites for hydroxylation is 1. The molecule has 0 bridgehead atoms. The van der Waals surface area contributed by atoms with Gasteiger partial charge in [0.2, 0.25) is 5.95 Å². The van der Waals surface area contributed by atoms with Gasteiger partial charge in [0, 0.05) is 31.1 Å². The zero-order valence-electron chi connectivity index (χ0n) is 22.8. The summed E-state index contributed by atoms with van der Waals surface area (Å²) in [6.07, 6.45) is 8.36. The summed E-state index contributed by atoms with van der Waals surface area (Å²) in [4.78, 5) is 16.5. The standard InChI is InChI=1S/C20H25N5O2S.C3H6.C2H5N.C2H6/c1-5-16(12-18(26-4)15(3)25-8-10-27-11-9-25)23-20-21-7-6-17(24-20)19-14(2)22-13-28-19;1-3-2;1-2-3;1-2/h5-7,12-13H,1,8-11H2,2-4H3,(H,21,23,24);3H,1H2,2H3;2-3H,1H3;1-2H3/b16-12+,18-15-;;;. The smallest absolute Gasteiger partial charge is 0.227 e. The topological polar surface area (TPSA) is 96.2 Å². The Hall–Kier alpha value is -3.30. The first kappa shape index (κ1) is 32.7. The Bertz CT molecular complexity index is 972. The van der Waals surface area contributed by atoms with Crippen LogP contribution in [0.5, 0.6) is 0 Å². The fourth-order valence-corrected chi connectivity index (χ4v) is 3.65. The molecule has 2 N–H and O–H groups in total. The number of rotatable bonds is 7. The molecular formula is C27H42N6O2S. The average molecular weight is 515 g/mol. The molecule has 0 unspecified atom stereocenters. The van der Waals surface area contributed by atoms with Crippen LogP contribution in [0.3, 0.4) is 0 Å². The Balaban J connectivity index is 0.00000137. The van der Waals surface area contributed by atoms with Crippen LogP contribution in [0.4, 0.5) is 5.95 Å². The van der Waals surface area contributed by atoms with Gasteiger partial charge in [0.15, 0.2) is 0 Å². The number of aromatic nitrogens is 3. The third-order valence-corrected chi connectivity index (χ3v) is 5.41. The molecular weight excluding hydrogens is 472 g/mol. The highest BCUT2D eigenvalue weighted by Gasteiger charge is 2.14. The predicted molar refractivity (Wildman–Crippen MR) is 154 cm³/mol. The fraction of sp³-hybridized carbons (Fsp3) is 0.407. The van der Waals surface area contributed by atoms with Crippen LogP contribution in [-0.2, 0) is 9.47 Å². The first-order valence-electron chi connectivity index (χ1n) is 11.9. The summed E-state index contributed by atoms with van der Waals surface area (Å²) in [6.45, 7) is 22.0. The second kappa shape index (κ2) is 19.9. The zero-order valence-corrected chi connectivity index (χ0v) is 23.6. The number of hydrogen-bond acceptors (Lipinski definition) is 9. The minimum Gasteiger partial charge on any atom is -0.495 e. The van der Waals surface area contributed by atoms with Crippen molar-refractivity contribution in [3.63, 3.8) is 0 Å². The molecule has 198 valence electrons. The summed E-state index contributed by atoms with van der Waals surface area (Å²) in [6, 6.07) is 1.88. The van der Waals surface area contributed by atoms with Gasteiger partial charge in [-0.1, -0.05) is 26.5 Å². The minimum absolute atomic E-state index is 0.496. The third kappa shape index (κ3) is 11.4. The van der Waals surface area contributed by atoms with Crippen molar-refractivity contribution in [3.8, 4) is 10.6 Å². The number of thiazole rings is 1. The predicted octanol–water partition coefficient (Wildman–Crippen LogP) is 6.47. The Kier molecular flexibility index (Phi) is 18.1. The zero-order chi connectivity index (χ0) is 27.3. The molecule has 1 aliphatic rings. The largest absolute Gasteiger partial charge is 0.495 e. The number of morpholine rings is 1. The summed E-state index contributed by atoms with van der Waals surface area (Å²) in [5.74, 6) is 1.26. The first-order valence-corrected chi connectivity index (χ1v) is 12.8. The van der Waals surface area contributed by atoms with Crippen molar-refractivity contribution in [2.24, 2.45) is 0 Å². The molecule has 2 aromatic rings. The van der Waals surface area contributed by atoms with E-state index in [9.17, 15) is 0 Å². The summed E-state index contributed by atoms with van der Waals surface area (Å²) < 4.78 is 11.0. The van der Waals surface area contributed by atoms with Gasteiger partial charge in [-0.15, -0.1) is 17.9 Å². The van der Waals surface area contributed by atoms with Gasteiger partial charge in [-0.25, -0.2) is 15.0 Å². The van der Waals surface area contributed by atoms with Crippen LogP contribution < -0.4 is 5.32 Å². The van der Waals surface area contributed by atoms with Crippen molar-refractivity contribution >= 4 is 23.5 Å². The van der Waals surface area contributed by atoms with Gasteiger partial charge in [-0.05, 0) is 46.1 Å². The molecule has 9 heteroatoms. The van der Waals surface area contributed by atoms with Gasteiger partial charge < -0.3 is 25.1 Å². The van der Waals surface area contributed by atoms with Gasteiger partial charge in [0.05, 0.1) is 47.8 Å². The van der Waals surface area contributed by atoms with Crippen LogP contribution >= 0.6 is 11.3 Å². The average Bonchev–Trinajstić information content (AvgIpc) is 3.34. The lowest BCUT2D eigenvalue weighted by atomic mass is 10.2. The quantitative estimate of drug-likeness (QED) is 0.189. The van der Waals surface area contributed by atoms with Crippen molar-refractivity contribution in [2.45, 2.75) is 41.5 Å². The van der Waals surface area contributed by atoms with Gasteiger partial charge in [0.1, 0.15) is 5.76 Å². The van der Waals surface area contributed by atoms with Crippen molar-refractivity contribution < 1.29 is 9.47 Å². The van der Waals surface area contributed by atoms with E-state index in [1.165, 1.54) is 6.21 Å². The summed E-state index contributed by atoms with van der Waals surface area (Å²) in [5.41, 5.74) is 5.43. The van der Waals surface area contributed by atoms with E-state index in [-0.39, 0.29) is 0 Å². The SMILES string of the molecule is C=C/C(=C\C(OC)=C(/C)N1CCOCC1)Nc1nccc(-c2scnc2C)n1.C=CC.CC.CC=N. The molecule has 1 fully saturated rings. The van der Waals surface area contributed by atoms with Gasteiger partial charge >= 0.3 is 0 Å². The van der Waals surface area contributed by atoms with E-state index in [0.29, 0.717) is 5.95 Å². The Morgan fingerprint density at radius 2 is 1.83 bits per heavy atom. The van der Waals surface area contributed by atoms with E-state index < -0.39 is 0 Å². The molecule has 0 aliphatic carbocycles. The van der Waals surface area contributed by atoms with Crippen molar-refractivity contribution in [3.05, 3.63) is 72.0 Å². The van der Waals surface area contributed by atoms with Crippen LogP contribution in [0.2, 0.25) is 0 Å². The minimum atomic E-state index is 0.496. The second-order valence-corrected chi connectivity index (χ2v) is 7.77. The highest BCUT2D eigenvalue weighted by molar-refractivity contribution is 7.13. The molecule has 3 heterocycles. The number of nitrogens with zero attached hydrogens (tertiary/aromatic N) is 4. The molecule has 1 saturated heterocycles. The fourth-order valence-electron chi connectivity index (χ4n) is 2.88. The molecule has 3 rings (SSSR count). The van der Waals surface area contributed by atoms with E-state index in [2.05, 4.69) is 38.3 Å². The summed E-state index contributed by atoms with van der Waals surface area (Å²) in [5, 5.41) is 9.30. The number of methoxy groups -OCH3 is 1. The summed E-state index contributed by atoms with van der Waals surface area (Å²) >= 11 is 1.56. The van der Waals surface area contributed by atoms with Crippen LogP contribution in [0, 0.1) is 12.3 Å². The molecule has 0 radical (unpaired) electrons. The molecule has 0 saturated carbocycles.